The number of hydrogen-bond acceptors (Lipinski definition) is 12. The lowest BCUT2D eigenvalue weighted by molar-refractivity contribution is -0.155. The summed E-state index contributed by atoms with van der Waals surface area (Å²) >= 11 is 0. The molecule has 2 aromatic carbocycles. The number of carbonyl (C=O) groups excluding carboxylic acids is 2. The van der Waals surface area contributed by atoms with E-state index in [1.807, 2.05) is 0 Å². The maximum Gasteiger partial charge on any atom is 0.417 e. The van der Waals surface area contributed by atoms with Crippen molar-refractivity contribution in [1.29, 1.82) is 10.5 Å². The molecule has 58 heavy (non-hydrogen) atoms. The van der Waals surface area contributed by atoms with Gasteiger partial charge in [-0.05, 0) is 36.4 Å². The summed E-state index contributed by atoms with van der Waals surface area (Å²) in [6.07, 6.45) is -12.1. The molecular weight excluding hydrogens is 786 g/mol. The molecule has 8 aliphatic heterocycles. The molecule has 4 N–H and O–H groups in total. The molecule has 0 saturated carbocycles. The van der Waals surface area contributed by atoms with Crippen LogP contribution in [0.4, 0.5) is 37.7 Å². The fraction of sp³-hybridized carbons (Fsp3) is 0.579. The van der Waals surface area contributed by atoms with E-state index in [9.17, 15) is 56.4 Å². The molecule has 8 fully saturated rings. The number of hydrogen-bond donors (Lipinski definition) is 4. The van der Waals surface area contributed by atoms with Gasteiger partial charge in [-0.1, -0.05) is 0 Å². The molecule has 10 rings (SSSR count). The molecule has 2 amide bonds. The Hall–Kier alpha value is -4.38. The van der Waals surface area contributed by atoms with Crippen LogP contribution in [0.1, 0.15) is 47.9 Å². The van der Waals surface area contributed by atoms with E-state index in [0.29, 0.717) is 12.8 Å². The fourth-order valence-electron chi connectivity index (χ4n) is 11.3. The average molecular weight is 821 g/mol. The predicted molar refractivity (Wildman–Crippen MR) is 178 cm³/mol. The van der Waals surface area contributed by atoms with Gasteiger partial charge in [0, 0.05) is 48.9 Å². The van der Waals surface area contributed by atoms with Gasteiger partial charge in [-0.2, -0.15) is 36.9 Å². The third-order valence-corrected chi connectivity index (χ3v) is 13.6. The van der Waals surface area contributed by atoms with Gasteiger partial charge in [0.15, 0.2) is 0 Å². The number of nitriles is 2. The Morgan fingerprint density at radius 1 is 0.690 bits per heavy atom. The minimum Gasteiger partial charge on any atom is -0.393 e. The van der Waals surface area contributed by atoms with Gasteiger partial charge in [0.2, 0.25) is 11.8 Å². The van der Waals surface area contributed by atoms with Gasteiger partial charge < -0.3 is 39.4 Å². The van der Waals surface area contributed by atoms with Crippen molar-refractivity contribution in [3.05, 3.63) is 58.7 Å². The Labute approximate surface area is 324 Å². The topological polar surface area (TPSA) is 206 Å². The molecule has 4 bridgehead atoms. The van der Waals surface area contributed by atoms with E-state index in [1.54, 1.807) is 0 Å². The van der Waals surface area contributed by atoms with Crippen LogP contribution < -0.4 is 9.80 Å². The van der Waals surface area contributed by atoms with Gasteiger partial charge >= 0.3 is 12.4 Å². The smallest absolute Gasteiger partial charge is 0.393 e. The maximum atomic E-state index is 13.4. The van der Waals surface area contributed by atoms with Crippen LogP contribution in [-0.4, -0.2) is 106 Å². The minimum atomic E-state index is -4.76. The highest BCUT2D eigenvalue weighted by atomic mass is 19.4. The quantitative estimate of drug-likeness (QED) is 0.328. The van der Waals surface area contributed by atoms with Gasteiger partial charge in [0.25, 0.3) is 0 Å². The molecule has 0 aliphatic carbocycles. The van der Waals surface area contributed by atoms with E-state index in [4.69, 9.17) is 29.5 Å². The van der Waals surface area contributed by atoms with E-state index in [1.165, 1.54) is 24.3 Å². The second-order valence-corrected chi connectivity index (χ2v) is 16.1. The molecule has 0 radical (unpaired) electrons. The number of anilines is 2. The number of halogens is 6. The molecule has 2 aromatic rings. The number of amides is 2. The lowest BCUT2D eigenvalue weighted by Crippen LogP contribution is -2.54. The van der Waals surface area contributed by atoms with E-state index >= 15 is 0 Å². The third kappa shape index (κ3) is 4.94. The Bertz CT molecular complexity index is 2050. The first-order valence-corrected chi connectivity index (χ1v) is 18.5. The predicted octanol–water partition coefficient (Wildman–Crippen LogP) is 2.33. The molecule has 8 saturated heterocycles. The number of aliphatic hydroxyl groups is 4. The van der Waals surface area contributed by atoms with Crippen LogP contribution in [0.5, 0.6) is 0 Å². The van der Waals surface area contributed by atoms with Crippen LogP contribution in [0.15, 0.2) is 36.4 Å². The Balaban J connectivity index is 0.000000150. The zero-order chi connectivity index (χ0) is 41.5. The first-order chi connectivity index (χ1) is 27.4. The van der Waals surface area contributed by atoms with Gasteiger partial charge in [0.1, 0.15) is 23.7 Å². The van der Waals surface area contributed by atoms with E-state index in [-0.39, 0.29) is 37.4 Å². The zero-order valence-electron chi connectivity index (χ0n) is 30.0. The SMILES string of the molecule is N#Cc1ccc(N2C(=O)[C@@H]3[C@@H]4[C@H]2OCC[C@@]42C[C@H](O)[C@]3(CO)O2)cc1C(F)(F)F.N#Cc1ccc(N2C(=O)[C@H]3[C@H]4[C@@H]2OCC[C@]42C[C@@H](O)[C@@]3(CO)O2)cc1C(F)(F)F. The van der Waals surface area contributed by atoms with Crippen molar-refractivity contribution < 1.29 is 75.3 Å². The second kappa shape index (κ2) is 12.6. The van der Waals surface area contributed by atoms with Crippen molar-refractivity contribution in [3.8, 4) is 12.1 Å². The fourth-order valence-corrected chi connectivity index (χ4v) is 11.3. The minimum absolute atomic E-state index is 0.0419. The number of carbonyl (C=O) groups is 2. The van der Waals surface area contributed by atoms with Crippen molar-refractivity contribution >= 4 is 23.2 Å². The van der Waals surface area contributed by atoms with Crippen molar-refractivity contribution in [2.45, 2.75) is 85.1 Å². The van der Waals surface area contributed by atoms with Gasteiger partial charge in [-0.3, -0.25) is 19.4 Å². The highest BCUT2D eigenvalue weighted by Gasteiger charge is 2.80. The number of aliphatic hydroxyl groups excluding tert-OH is 4. The molecular formula is C38H34F6N4O10. The molecule has 20 heteroatoms. The summed E-state index contributed by atoms with van der Waals surface area (Å²) < 4.78 is 104. The number of benzene rings is 2. The van der Waals surface area contributed by atoms with Crippen molar-refractivity contribution in [3.63, 3.8) is 0 Å². The van der Waals surface area contributed by atoms with Crippen molar-refractivity contribution in [2.24, 2.45) is 23.7 Å². The van der Waals surface area contributed by atoms with Crippen LogP contribution in [0, 0.1) is 46.3 Å². The monoisotopic (exact) mass is 820 g/mol. The standard InChI is InChI=1S/2C19H17F3N2O5/c2*20-19(21,22)11-5-10(2-1-9(11)7-23)24-15(27)13-14-16(24)28-4-3-17(14)6-12(26)18(13,8-25)29-17/h2*1-2,5,12-14,16,25-26H,3-4,6,8H2/t2*12-,13-,14+,16+,17+,18-/m10/s1. The molecule has 0 unspecified atom stereocenters. The van der Waals surface area contributed by atoms with Crippen LogP contribution in [0.3, 0.4) is 0 Å². The van der Waals surface area contributed by atoms with Crippen molar-refractivity contribution in [1.82, 2.24) is 0 Å². The highest BCUT2D eigenvalue weighted by molar-refractivity contribution is 6.01. The normalized spacial score (nSPS) is 40.3. The number of nitrogens with zero attached hydrogens (tertiary/aromatic N) is 4. The van der Waals surface area contributed by atoms with Crippen LogP contribution in [-0.2, 0) is 40.9 Å². The Kier molecular flexibility index (Phi) is 8.47. The maximum absolute atomic E-state index is 13.4. The Morgan fingerprint density at radius 2 is 1.07 bits per heavy atom. The molecule has 2 spiro atoms. The molecule has 8 aliphatic rings. The van der Waals surface area contributed by atoms with E-state index < -0.39 is 130 Å². The van der Waals surface area contributed by atoms with E-state index in [2.05, 4.69) is 0 Å². The number of rotatable bonds is 4. The molecule has 8 heterocycles. The third-order valence-electron chi connectivity index (χ3n) is 13.6. The number of fused-ring (bicyclic) bond motifs is 4. The first kappa shape index (κ1) is 39.1. The average Bonchev–Trinajstić information content (AvgIpc) is 3.98. The van der Waals surface area contributed by atoms with Crippen LogP contribution >= 0.6 is 0 Å². The summed E-state index contributed by atoms with van der Waals surface area (Å²) in [5.74, 6) is -3.99. The second-order valence-electron chi connectivity index (χ2n) is 16.1. The molecule has 308 valence electrons. The largest absolute Gasteiger partial charge is 0.417 e. The van der Waals surface area contributed by atoms with Crippen LogP contribution in [0.2, 0.25) is 0 Å². The number of ether oxygens (including phenoxy) is 4. The first-order valence-electron chi connectivity index (χ1n) is 18.5. The summed E-state index contributed by atoms with van der Waals surface area (Å²) in [6, 6.07) is 9.19. The van der Waals surface area contributed by atoms with Gasteiger partial charge in [-0.15, -0.1) is 0 Å². The summed E-state index contributed by atoms with van der Waals surface area (Å²) in [6.45, 7) is -0.752. The highest BCUT2D eigenvalue weighted by Crippen LogP contribution is 2.67. The molecule has 0 aromatic heterocycles. The summed E-state index contributed by atoms with van der Waals surface area (Å²) in [5, 5.41) is 59.1. The lowest BCUT2D eigenvalue weighted by atomic mass is 9.64. The summed E-state index contributed by atoms with van der Waals surface area (Å²) in [7, 11) is 0. The summed E-state index contributed by atoms with van der Waals surface area (Å²) in [4.78, 5) is 29.0. The van der Waals surface area contributed by atoms with Crippen LogP contribution in [0.25, 0.3) is 0 Å². The molecule has 12 atom stereocenters. The lowest BCUT2D eigenvalue weighted by Gasteiger charge is -2.42. The number of alkyl halides is 6. The van der Waals surface area contributed by atoms with Gasteiger partial charge in [-0.25, -0.2) is 0 Å². The van der Waals surface area contributed by atoms with E-state index in [0.717, 1.165) is 34.1 Å². The zero-order valence-corrected chi connectivity index (χ0v) is 30.0. The van der Waals surface area contributed by atoms with Crippen molar-refractivity contribution in [2.75, 3.05) is 36.2 Å². The molecule has 14 nitrogen and oxygen atoms in total. The Morgan fingerprint density at radius 3 is 1.40 bits per heavy atom. The summed E-state index contributed by atoms with van der Waals surface area (Å²) in [5.41, 5.74) is -8.13. The van der Waals surface area contributed by atoms with Gasteiger partial charge in [0.05, 0.1) is 96.1 Å².